The van der Waals surface area contributed by atoms with E-state index in [1.54, 1.807) is 0 Å². The lowest BCUT2D eigenvalue weighted by Gasteiger charge is -1.98. The molecule has 88 valence electrons. The first-order chi connectivity index (χ1) is 7.84. The van der Waals surface area contributed by atoms with Crippen molar-refractivity contribution in [2.45, 2.75) is 52.4 Å². The summed E-state index contributed by atoms with van der Waals surface area (Å²) in [5.74, 6) is 0. The zero-order valence-electron chi connectivity index (χ0n) is 10.6. The number of unbranched alkanes of at least 4 members (excludes halogenated alkanes) is 5. The van der Waals surface area contributed by atoms with Crippen molar-refractivity contribution in [1.82, 2.24) is 0 Å². The fourth-order valence-corrected chi connectivity index (χ4v) is 1.71. The lowest BCUT2D eigenvalue weighted by Crippen LogP contribution is -1.80. The molecule has 0 heterocycles. The number of nitrogens with zero attached hydrogens (tertiary/aromatic N) is 1. The van der Waals surface area contributed by atoms with Gasteiger partial charge in [0.05, 0.1) is 5.69 Å². The van der Waals surface area contributed by atoms with Crippen molar-refractivity contribution in [1.29, 1.82) is 0 Å². The summed E-state index contributed by atoms with van der Waals surface area (Å²) < 4.78 is 0. The van der Waals surface area contributed by atoms with Gasteiger partial charge in [0.2, 0.25) is 0 Å². The molecule has 1 heteroatoms. The number of hydrogen-bond donors (Lipinski definition) is 0. The molecule has 0 radical (unpaired) electrons. The third-order valence-corrected chi connectivity index (χ3v) is 2.78. The molecule has 1 aromatic rings. The smallest absolute Gasteiger partial charge is 0.0654 e. The summed E-state index contributed by atoms with van der Waals surface area (Å²) in [6.07, 6.45) is 9.84. The standard InChI is InChI=1S/C15H23N/c1-3-4-5-6-7-10-13-16-15-12-9-8-11-14(15)2/h8-9,11-13H,3-7,10H2,1-2H3. The van der Waals surface area contributed by atoms with Crippen LogP contribution >= 0.6 is 0 Å². The molecule has 0 bridgehead atoms. The Bertz CT molecular complexity index is 315. The SMILES string of the molecule is CCCCCCCC=Nc1ccccc1C. The van der Waals surface area contributed by atoms with E-state index in [1.807, 2.05) is 6.07 Å². The molecule has 1 nitrogen and oxygen atoms in total. The van der Waals surface area contributed by atoms with E-state index in [1.165, 1.54) is 37.7 Å². The molecule has 0 saturated heterocycles. The van der Waals surface area contributed by atoms with Gasteiger partial charge in [0.15, 0.2) is 0 Å². The van der Waals surface area contributed by atoms with Gasteiger partial charge in [0.1, 0.15) is 0 Å². The molecule has 0 atom stereocenters. The van der Waals surface area contributed by atoms with Gasteiger partial charge in [0, 0.05) is 6.21 Å². The second-order valence-electron chi connectivity index (χ2n) is 4.30. The molecule has 1 rings (SSSR count). The number of para-hydroxylation sites is 1. The Hall–Kier alpha value is -1.11. The quantitative estimate of drug-likeness (QED) is 0.447. The van der Waals surface area contributed by atoms with Crippen LogP contribution < -0.4 is 0 Å². The predicted octanol–water partition coefficient (Wildman–Crippen LogP) is 5.06. The maximum Gasteiger partial charge on any atom is 0.0654 e. The average molecular weight is 217 g/mol. The highest BCUT2D eigenvalue weighted by atomic mass is 14.7. The fourth-order valence-electron chi connectivity index (χ4n) is 1.71. The van der Waals surface area contributed by atoms with E-state index in [0.717, 1.165) is 12.1 Å². The molecule has 1 aromatic carbocycles. The number of rotatable bonds is 7. The van der Waals surface area contributed by atoms with Gasteiger partial charge in [-0.05, 0) is 31.4 Å². The molecule has 16 heavy (non-hydrogen) atoms. The van der Waals surface area contributed by atoms with Gasteiger partial charge in [0.25, 0.3) is 0 Å². The Kier molecular flexibility index (Phi) is 6.55. The largest absolute Gasteiger partial charge is 0.261 e. The summed E-state index contributed by atoms with van der Waals surface area (Å²) in [6, 6.07) is 8.27. The predicted molar refractivity (Wildman–Crippen MR) is 72.7 cm³/mol. The average Bonchev–Trinajstić information content (AvgIpc) is 2.30. The molecule has 0 fully saturated rings. The molecule has 0 aliphatic heterocycles. The number of hydrogen-bond acceptors (Lipinski definition) is 1. The minimum atomic E-state index is 1.11. The topological polar surface area (TPSA) is 12.4 Å². The maximum absolute atomic E-state index is 4.50. The normalized spacial score (nSPS) is 11.1. The summed E-state index contributed by atoms with van der Waals surface area (Å²) in [6.45, 7) is 4.35. The van der Waals surface area contributed by atoms with Gasteiger partial charge in [-0.15, -0.1) is 0 Å². The molecule has 0 aromatic heterocycles. The van der Waals surface area contributed by atoms with Crippen LogP contribution in [0, 0.1) is 6.92 Å². The van der Waals surface area contributed by atoms with Crippen LogP contribution in [0.2, 0.25) is 0 Å². The molecular weight excluding hydrogens is 194 g/mol. The number of benzene rings is 1. The van der Waals surface area contributed by atoms with E-state index in [-0.39, 0.29) is 0 Å². The van der Waals surface area contributed by atoms with E-state index in [4.69, 9.17) is 0 Å². The molecule has 0 saturated carbocycles. The van der Waals surface area contributed by atoms with Crippen LogP contribution in [0.5, 0.6) is 0 Å². The van der Waals surface area contributed by atoms with Crippen molar-refractivity contribution in [2.75, 3.05) is 0 Å². The highest BCUT2D eigenvalue weighted by Gasteiger charge is 1.91. The van der Waals surface area contributed by atoms with Gasteiger partial charge in [-0.25, -0.2) is 0 Å². The van der Waals surface area contributed by atoms with Crippen molar-refractivity contribution >= 4 is 11.9 Å². The molecule has 0 spiro atoms. The van der Waals surface area contributed by atoms with E-state index in [2.05, 4.69) is 43.3 Å². The van der Waals surface area contributed by atoms with Crippen LogP contribution in [0.4, 0.5) is 5.69 Å². The molecule has 0 unspecified atom stereocenters. The first-order valence-electron chi connectivity index (χ1n) is 6.42. The Labute approximate surface area is 99.6 Å². The van der Waals surface area contributed by atoms with Crippen molar-refractivity contribution in [3.05, 3.63) is 29.8 Å². The number of aryl methyl sites for hydroxylation is 1. The van der Waals surface area contributed by atoms with Crippen LogP contribution in [0.25, 0.3) is 0 Å². The summed E-state index contributed by atoms with van der Waals surface area (Å²) in [5.41, 5.74) is 2.36. The highest BCUT2D eigenvalue weighted by Crippen LogP contribution is 2.16. The van der Waals surface area contributed by atoms with Gasteiger partial charge < -0.3 is 0 Å². The monoisotopic (exact) mass is 217 g/mol. The minimum Gasteiger partial charge on any atom is -0.261 e. The third kappa shape index (κ3) is 5.11. The lowest BCUT2D eigenvalue weighted by atomic mass is 10.1. The number of aliphatic imine (C=N–C) groups is 1. The lowest BCUT2D eigenvalue weighted by molar-refractivity contribution is 0.645. The van der Waals surface area contributed by atoms with Crippen molar-refractivity contribution in [2.24, 2.45) is 4.99 Å². The fraction of sp³-hybridized carbons (Fsp3) is 0.533. The third-order valence-electron chi connectivity index (χ3n) is 2.78. The van der Waals surface area contributed by atoms with Crippen LogP contribution in [-0.2, 0) is 0 Å². The summed E-state index contributed by atoms with van der Waals surface area (Å²) >= 11 is 0. The van der Waals surface area contributed by atoms with E-state index >= 15 is 0 Å². The first kappa shape index (κ1) is 13.0. The Morgan fingerprint density at radius 2 is 1.81 bits per heavy atom. The first-order valence-corrected chi connectivity index (χ1v) is 6.42. The van der Waals surface area contributed by atoms with Crippen molar-refractivity contribution < 1.29 is 0 Å². The maximum atomic E-state index is 4.50. The van der Waals surface area contributed by atoms with Crippen LogP contribution in [0.3, 0.4) is 0 Å². The van der Waals surface area contributed by atoms with E-state index in [0.29, 0.717) is 0 Å². The second kappa shape index (κ2) is 8.09. The van der Waals surface area contributed by atoms with Crippen LogP contribution in [0.1, 0.15) is 51.0 Å². The Morgan fingerprint density at radius 3 is 2.56 bits per heavy atom. The Morgan fingerprint density at radius 1 is 1.06 bits per heavy atom. The summed E-state index contributed by atoms with van der Waals surface area (Å²) in [4.78, 5) is 4.50. The van der Waals surface area contributed by atoms with Gasteiger partial charge in [-0.3, -0.25) is 4.99 Å². The highest BCUT2D eigenvalue weighted by molar-refractivity contribution is 5.64. The second-order valence-corrected chi connectivity index (χ2v) is 4.30. The Balaban J connectivity index is 2.20. The summed E-state index contributed by atoms with van der Waals surface area (Å²) in [7, 11) is 0. The zero-order valence-corrected chi connectivity index (χ0v) is 10.6. The van der Waals surface area contributed by atoms with Gasteiger partial charge in [-0.2, -0.15) is 0 Å². The molecule has 0 amide bonds. The van der Waals surface area contributed by atoms with Gasteiger partial charge in [-0.1, -0.05) is 50.8 Å². The molecular formula is C15H23N. The van der Waals surface area contributed by atoms with E-state index in [9.17, 15) is 0 Å². The zero-order chi connectivity index (χ0) is 11.6. The molecule has 0 aliphatic rings. The van der Waals surface area contributed by atoms with Crippen LogP contribution in [0.15, 0.2) is 29.3 Å². The molecule has 0 aliphatic carbocycles. The summed E-state index contributed by atoms with van der Waals surface area (Å²) in [5, 5.41) is 0. The van der Waals surface area contributed by atoms with Crippen molar-refractivity contribution in [3.8, 4) is 0 Å². The van der Waals surface area contributed by atoms with Gasteiger partial charge >= 0.3 is 0 Å². The minimum absolute atomic E-state index is 1.11. The molecule has 0 N–H and O–H groups in total. The van der Waals surface area contributed by atoms with E-state index < -0.39 is 0 Å². The van der Waals surface area contributed by atoms with Crippen LogP contribution in [-0.4, -0.2) is 6.21 Å². The van der Waals surface area contributed by atoms with Crippen molar-refractivity contribution in [3.63, 3.8) is 0 Å².